The van der Waals surface area contributed by atoms with Crippen LogP contribution in [-0.2, 0) is 47.1 Å². The number of hydrogen-bond acceptors (Lipinski definition) is 4. The molecular formula is C7H9O4Y-. The fourth-order valence-electron chi connectivity index (χ4n) is 0.604. The number of rotatable bonds is 4. The Balaban J connectivity index is 0. The molecule has 2 unspecified atom stereocenters. The molecular weight excluding hydrogens is 237 g/mol. The van der Waals surface area contributed by atoms with E-state index in [1.807, 2.05) is 0 Å². The van der Waals surface area contributed by atoms with Crippen molar-refractivity contribution in [3.8, 4) is 0 Å². The fraction of sp³-hybridized carbons (Fsp3) is 0.571. The Kier molecular flexibility index (Phi) is 7.99. The van der Waals surface area contributed by atoms with Gasteiger partial charge >= 0.3 is 0 Å². The van der Waals surface area contributed by atoms with Crippen LogP contribution in [0.25, 0.3) is 0 Å². The van der Waals surface area contributed by atoms with Gasteiger partial charge in [-0.15, -0.1) is 0 Å². The van der Waals surface area contributed by atoms with E-state index in [0.29, 0.717) is 0 Å². The molecule has 0 aliphatic carbocycles. The first-order valence-corrected chi connectivity index (χ1v) is 3.07. The van der Waals surface area contributed by atoms with Crippen molar-refractivity contribution in [1.82, 2.24) is 0 Å². The van der Waals surface area contributed by atoms with Crippen molar-refractivity contribution in [2.75, 3.05) is 0 Å². The molecule has 0 rings (SSSR count). The molecule has 0 aliphatic heterocycles. The molecule has 0 aliphatic rings. The zero-order valence-electron chi connectivity index (χ0n) is 6.90. The van der Waals surface area contributed by atoms with Crippen molar-refractivity contribution in [3.63, 3.8) is 0 Å². The number of carbonyl (C=O) groups excluding carboxylic acids is 3. The second-order valence-electron chi connectivity index (χ2n) is 2.26. The maximum atomic E-state index is 10.5. The summed E-state index contributed by atoms with van der Waals surface area (Å²) in [4.78, 5) is 31.0. The van der Waals surface area contributed by atoms with E-state index in [-0.39, 0.29) is 32.7 Å². The summed E-state index contributed by atoms with van der Waals surface area (Å²) in [6.07, 6.45) is -0.225. The number of carbonyl (C=O) groups is 2. The van der Waals surface area contributed by atoms with Gasteiger partial charge in [-0.3, -0.25) is 11.1 Å². The van der Waals surface area contributed by atoms with Gasteiger partial charge in [0.25, 0.3) is 0 Å². The predicted molar refractivity (Wildman–Crippen MR) is 36.6 cm³/mol. The van der Waals surface area contributed by atoms with E-state index >= 15 is 0 Å². The van der Waals surface area contributed by atoms with Crippen LogP contribution in [0.15, 0.2) is 0 Å². The standard InChI is InChI=1S/C7H9O4.Y/c1-4(9)6(3-8)7(11)5(2)10;/h6-7,11H,1-2H3;/q-1;. The van der Waals surface area contributed by atoms with Crippen LogP contribution in [0.1, 0.15) is 13.8 Å². The quantitative estimate of drug-likeness (QED) is 0.523. The summed E-state index contributed by atoms with van der Waals surface area (Å²) in [6.45, 7) is 2.24. The molecule has 0 heterocycles. The molecule has 0 aromatic carbocycles. The first-order valence-electron chi connectivity index (χ1n) is 3.07. The Hall–Kier alpha value is 0.0739. The Morgan fingerprint density at radius 2 is 1.67 bits per heavy atom. The molecule has 5 heteroatoms. The van der Waals surface area contributed by atoms with Crippen LogP contribution < -0.4 is 0 Å². The minimum Gasteiger partial charge on any atom is -0.541 e. The third-order valence-corrected chi connectivity index (χ3v) is 1.30. The van der Waals surface area contributed by atoms with Crippen molar-refractivity contribution < 1.29 is 52.2 Å². The number of Topliss-reactive ketones (excluding diaryl/α,β-unsaturated/α-hetero) is 2. The normalized spacial score (nSPS) is 13.9. The average Bonchev–Trinajstić information content (AvgIpc) is 1.88. The van der Waals surface area contributed by atoms with E-state index in [2.05, 4.69) is 0 Å². The maximum Gasteiger partial charge on any atom is 0.156 e. The fourth-order valence-corrected chi connectivity index (χ4v) is 0.604. The Bertz CT molecular complexity index is 190. The molecule has 0 saturated carbocycles. The first kappa shape index (κ1) is 14.6. The summed E-state index contributed by atoms with van der Waals surface area (Å²) in [6, 6.07) is 0. The number of aliphatic hydroxyl groups is 1. The van der Waals surface area contributed by atoms with E-state index in [0.717, 1.165) is 13.8 Å². The van der Waals surface area contributed by atoms with E-state index in [1.165, 1.54) is 6.29 Å². The van der Waals surface area contributed by atoms with Crippen molar-refractivity contribution in [2.24, 2.45) is 5.92 Å². The summed E-state index contributed by atoms with van der Waals surface area (Å²) < 4.78 is 0. The molecule has 0 bridgehead atoms. The van der Waals surface area contributed by atoms with Crippen LogP contribution in [0.3, 0.4) is 0 Å². The van der Waals surface area contributed by atoms with Gasteiger partial charge in [0.2, 0.25) is 0 Å². The molecule has 0 aromatic rings. The van der Waals surface area contributed by atoms with Crippen LogP contribution >= 0.6 is 0 Å². The molecule has 0 saturated heterocycles. The van der Waals surface area contributed by atoms with Crippen molar-refractivity contribution in [2.45, 2.75) is 20.0 Å². The third kappa shape index (κ3) is 4.19. The second kappa shape index (κ2) is 6.57. The molecule has 65 valence electrons. The van der Waals surface area contributed by atoms with Crippen LogP contribution in [0.5, 0.6) is 0 Å². The SMILES string of the molecule is CC(=O)C(O)C([C-]=O)C(C)=O.[Y]. The summed E-state index contributed by atoms with van der Waals surface area (Å²) >= 11 is 0. The monoisotopic (exact) mass is 246 g/mol. The van der Waals surface area contributed by atoms with E-state index in [4.69, 9.17) is 5.11 Å². The Labute approximate surface area is 95.6 Å². The number of hydrogen-bond donors (Lipinski definition) is 1. The van der Waals surface area contributed by atoms with Gasteiger partial charge in [-0.1, -0.05) is 0 Å². The zero-order valence-corrected chi connectivity index (χ0v) is 9.74. The largest absolute Gasteiger partial charge is 0.541 e. The van der Waals surface area contributed by atoms with Crippen LogP contribution in [0.2, 0.25) is 0 Å². The predicted octanol–water partition coefficient (Wildman–Crippen LogP) is -0.751. The number of aliphatic hydroxyl groups excluding tert-OH is 1. The summed E-state index contributed by atoms with van der Waals surface area (Å²) in [5, 5.41) is 8.92. The van der Waals surface area contributed by atoms with E-state index in [1.54, 1.807) is 0 Å². The molecule has 0 fully saturated rings. The van der Waals surface area contributed by atoms with Gasteiger partial charge in [0.15, 0.2) is 5.78 Å². The van der Waals surface area contributed by atoms with Crippen molar-refractivity contribution in [1.29, 1.82) is 0 Å². The van der Waals surface area contributed by atoms with Gasteiger partial charge in [0.05, 0.1) is 6.10 Å². The van der Waals surface area contributed by atoms with Crippen LogP contribution in [0.4, 0.5) is 0 Å². The molecule has 0 spiro atoms. The van der Waals surface area contributed by atoms with Gasteiger partial charge in [-0.2, -0.15) is 0 Å². The number of ketones is 2. The second-order valence-corrected chi connectivity index (χ2v) is 2.26. The summed E-state index contributed by atoms with van der Waals surface area (Å²) in [7, 11) is 0. The maximum absolute atomic E-state index is 10.5. The van der Waals surface area contributed by atoms with Gasteiger partial charge in [-0.25, -0.2) is 0 Å². The van der Waals surface area contributed by atoms with Gasteiger partial charge in [0.1, 0.15) is 5.78 Å². The molecule has 4 nitrogen and oxygen atoms in total. The first-order chi connectivity index (χ1) is 5.00. The minimum atomic E-state index is -1.54. The van der Waals surface area contributed by atoms with E-state index in [9.17, 15) is 14.4 Å². The third-order valence-electron chi connectivity index (χ3n) is 1.30. The van der Waals surface area contributed by atoms with Crippen molar-refractivity contribution in [3.05, 3.63) is 0 Å². The molecule has 1 N–H and O–H groups in total. The molecule has 2 atom stereocenters. The van der Waals surface area contributed by atoms with Gasteiger partial charge < -0.3 is 14.7 Å². The molecule has 0 amide bonds. The Morgan fingerprint density at radius 3 is 1.75 bits per heavy atom. The van der Waals surface area contributed by atoms with Gasteiger partial charge in [-0.05, 0) is 19.8 Å². The van der Waals surface area contributed by atoms with E-state index < -0.39 is 23.6 Å². The summed E-state index contributed by atoms with van der Waals surface area (Å²) in [5.74, 6) is -2.48. The zero-order chi connectivity index (χ0) is 9.02. The summed E-state index contributed by atoms with van der Waals surface area (Å²) in [5.41, 5.74) is 0. The molecule has 12 heavy (non-hydrogen) atoms. The smallest absolute Gasteiger partial charge is 0.156 e. The Morgan fingerprint density at radius 1 is 1.25 bits per heavy atom. The van der Waals surface area contributed by atoms with Crippen molar-refractivity contribution >= 4 is 17.9 Å². The van der Waals surface area contributed by atoms with Crippen LogP contribution in [0, 0.1) is 5.92 Å². The van der Waals surface area contributed by atoms with Gasteiger partial charge in [0, 0.05) is 32.7 Å². The minimum absolute atomic E-state index is 0. The molecule has 0 aromatic heterocycles. The topological polar surface area (TPSA) is 71.4 Å². The van der Waals surface area contributed by atoms with Crippen LogP contribution in [-0.4, -0.2) is 29.1 Å². The average molecular weight is 246 g/mol. The molecule has 1 radical (unpaired) electrons.